The van der Waals surface area contributed by atoms with Crippen molar-refractivity contribution in [2.75, 3.05) is 5.32 Å². The van der Waals surface area contributed by atoms with Crippen LogP contribution in [-0.2, 0) is 19.0 Å². The van der Waals surface area contributed by atoms with Crippen LogP contribution in [0.4, 0.5) is 18.9 Å². The van der Waals surface area contributed by atoms with E-state index in [4.69, 9.17) is 0 Å². The average molecular weight is 478 g/mol. The number of rotatable bonds is 3. The van der Waals surface area contributed by atoms with Gasteiger partial charge in [0.1, 0.15) is 0 Å². The van der Waals surface area contributed by atoms with Gasteiger partial charge in [-0.1, -0.05) is 73.5 Å². The van der Waals surface area contributed by atoms with Gasteiger partial charge < -0.3 is 5.32 Å². The maximum atomic E-state index is 13.8. The molecule has 0 aromatic heterocycles. The summed E-state index contributed by atoms with van der Waals surface area (Å²) in [5, 5.41) is 3.50. The summed E-state index contributed by atoms with van der Waals surface area (Å²) in [5.74, 6) is 0. The number of fused-ring (bicyclic) bond motifs is 3. The molecule has 1 saturated carbocycles. The van der Waals surface area contributed by atoms with Crippen molar-refractivity contribution in [1.82, 2.24) is 0 Å². The summed E-state index contributed by atoms with van der Waals surface area (Å²) in [7, 11) is 0. The highest BCUT2D eigenvalue weighted by molar-refractivity contribution is 7.99. The SMILES string of the molecule is FC(F)(F)c1cc(NC2CCCCC2)c2c(c1)Sc1cc(C3=Cc4ccccc4C3)ccc1C2. The third-order valence-electron chi connectivity index (χ3n) is 7.29. The molecule has 0 saturated heterocycles. The van der Waals surface area contributed by atoms with Gasteiger partial charge in [-0.15, -0.1) is 0 Å². The summed E-state index contributed by atoms with van der Waals surface area (Å²) in [6.07, 6.45) is 4.96. The summed E-state index contributed by atoms with van der Waals surface area (Å²) in [6, 6.07) is 17.8. The third kappa shape index (κ3) is 4.15. The fraction of sp³-hybridized carbons (Fsp3) is 0.310. The van der Waals surface area contributed by atoms with Crippen LogP contribution in [0.3, 0.4) is 0 Å². The van der Waals surface area contributed by atoms with E-state index in [1.807, 2.05) is 0 Å². The Morgan fingerprint density at radius 2 is 1.65 bits per heavy atom. The Balaban J connectivity index is 1.34. The largest absolute Gasteiger partial charge is 0.416 e. The van der Waals surface area contributed by atoms with Gasteiger partial charge in [0.15, 0.2) is 0 Å². The Morgan fingerprint density at radius 1 is 0.824 bits per heavy atom. The molecule has 2 aliphatic carbocycles. The molecule has 1 heterocycles. The topological polar surface area (TPSA) is 12.0 Å². The van der Waals surface area contributed by atoms with E-state index in [-0.39, 0.29) is 6.04 Å². The molecule has 34 heavy (non-hydrogen) atoms. The number of nitrogens with one attached hydrogen (secondary N) is 1. The molecule has 0 atom stereocenters. The van der Waals surface area contributed by atoms with Crippen molar-refractivity contribution >= 4 is 29.1 Å². The van der Waals surface area contributed by atoms with Crippen LogP contribution in [0.15, 0.2) is 64.4 Å². The van der Waals surface area contributed by atoms with Crippen molar-refractivity contribution in [3.05, 3.63) is 88.0 Å². The zero-order chi connectivity index (χ0) is 23.3. The molecule has 0 spiro atoms. The van der Waals surface area contributed by atoms with E-state index in [9.17, 15) is 13.2 Å². The first-order valence-electron chi connectivity index (χ1n) is 12.0. The van der Waals surface area contributed by atoms with E-state index in [0.717, 1.165) is 53.0 Å². The zero-order valence-electron chi connectivity index (χ0n) is 18.8. The maximum absolute atomic E-state index is 13.8. The second-order valence-electron chi connectivity index (χ2n) is 9.62. The summed E-state index contributed by atoms with van der Waals surface area (Å²) in [4.78, 5) is 1.78. The van der Waals surface area contributed by atoms with Gasteiger partial charge in [0, 0.05) is 27.9 Å². The summed E-state index contributed by atoms with van der Waals surface area (Å²) in [5.41, 5.74) is 7.26. The predicted octanol–water partition coefficient (Wildman–Crippen LogP) is 8.60. The van der Waals surface area contributed by atoms with Gasteiger partial charge in [-0.25, -0.2) is 0 Å². The molecule has 0 bridgehead atoms. The van der Waals surface area contributed by atoms with E-state index < -0.39 is 11.7 Å². The van der Waals surface area contributed by atoms with E-state index >= 15 is 0 Å². The van der Waals surface area contributed by atoms with Gasteiger partial charge in [0.05, 0.1) is 5.56 Å². The minimum absolute atomic E-state index is 0.256. The molecule has 1 N–H and O–H groups in total. The molecule has 0 radical (unpaired) electrons. The lowest BCUT2D eigenvalue weighted by molar-refractivity contribution is -0.137. The normalized spacial score (nSPS) is 17.6. The molecule has 3 aromatic carbocycles. The van der Waals surface area contributed by atoms with E-state index in [1.54, 1.807) is 0 Å². The molecule has 6 rings (SSSR count). The number of hydrogen-bond acceptors (Lipinski definition) is 2. The average Bonchev–Trinajstić information content (AvgIpc) is 3.27. The van der Waals surface area contributed by atoms with E-state index in [0.29, 0.717) is 12.1 Å². The van der Waals surface area contributed by atoms with Crippen molar-refractivity contribution in [1.29, 1.82) is 0 Å². The fourth-order valence-corrected chi connectivity index (χ4v) is 6.63. The Labute approximate surface area is 202 Å². The zero-order valence-corrected chi connectivity index (χ0v) is 19.7. The molecule has 1 fully saturated rings. The molecule has 1 nitrogen and oxygen atoms in total. The second-order valence-corrected chi connectivity index (χ2v) is 10.7. The Kier molecular flexibility index (Phi) is 5.48. The minimum Gasteiger partial charge on any atom is -0.382 e. The van der Waals surface area contributed by atoms with Gasteiger partial charge >= 0.3 is 6.18 Å². The fourth-order valence-electron chi connectivity index (χ4n) is 5.45. The maximum Gasteiger partial charge on any atom is 0.416 e. The number of alkyl halides is 3. The van der Waals surface area contributed by atoms with E-state index in [2.05, 4.69) is 53.9 Å². The molecular formula is C29H26F3NS. The van der Waals surface area contributed by atoms with Gasteiger partial charge in [0.25, 0.3) is 0 Å². The van der Waals surface area contributed by atoms with E-state index in [1.165, 1.54) is 52.6 Å². The molecular weight excluding hydrogens is 451 g/mol. The number of halogens is 3. The summed E-state index contributed by atoms with van der Waals surface area (Å²) >= 11 is 1.48. The summed E-state index contributed by atoms with van der Waals surface area (Å²) < 4.78 is 41.3. The standard InChI is InChI=1S/C29H26F3NS/c30-29(31,32)23-16-26(33-24-8-2-1-3-9-24)25-14-21-11-10-20(15-27(21)34-28(25)17-23)22-12-18-6-4-5-7-19(18)13-22/h4-7,10-12,15-17,24,33H,1-3,8-9,13-14H2. The molecule has 1 aliphatic heterocycles. The second kappa shape index (κ2) is 8.53. The molecule has 5 heteroatoms. The highest BCUT2D eigenvalue weighted by Crippen LogP contribution is 2.47. The van der Waals surface area contributed by atoms with Gasteiger partial charge in [-0.05, 0) is 70.9 Å². The van der Waals surface area contributed by atoms with Gasteiger partial charge in [0.2, 0.25) is 0 Å². The van der Waals surface area contributed by atoms with Gasteiger partial charge in [-0.2, -0.15) is 13.2 Å². The van der Waals surface area contributed by atoms with Crippen LogP contribution >= 0.6 is 11.8 Å². The number of hydrogen-bond donors (Lipinski definition) is 1. The lowest BCUT2D eigenvalue weighted by Crippen LogP contribution is -2.24. The minimum atomic E-state index is -4.36. The Hall–Kier alpha value is -2.66. The first-order valence-corrected chi connectivity index (χ1v) is 12.9. The third-order valence-corrected chi connectivity index (χ3v) is 8.48. The monoisotopic (exact) mass is 477 g/mol. The predicted molar refractivity (Wildman–Crippen MR) is 133 cm³/mol. The number of anilines is 1. The Morgan fingerprint density at radius 3 is 2.44 bits per heavy atom. The van der Waals surface area contributed by atoms with Crippen molar-refractivity contribution in [3.8, 4) is 0 Å². The number of benzene rings is 3. The first-order chi connectivity index (χ1) is 16.4. The van der Waals surface area contributed by atoms with Crippen LogP contribution in [-0.4, -0.2) is 6.04 Å². The first kappa shape index (κ1) is 21.8. The van der Waals surface area contributed by atoms with Crippen LogP contribution in [0, 0.1) is 0 Å². The highest BCUT2D eigenvalue weighted by atomic mass is 32.2. The molecule has 0 unspecified atom stereocenters. The van der Waals surface area contributed by atoms with Crippen LogP contribution in [0.5, 0.6) is 0 Å². The lowest BCUT2D eigenvalue weighted by Gasteiger charge is -2.29. The van der Waals surface area contributed by atoms with Crippen molar-refractivity contribution in [2.45, 2.75) is 67.0 Å². The van der Waals surface area contributed by atoms with Crippen LogP contribution in [0.2, 0.25) is 0 Å². The van der Waals surface area contributed by atoms with Crippen molar-refractivity contribution < 1.29 is 13.2 Å². The van der Waals surface area contributed by atoms with Crippen LogP contribution in [0.25, 0.3) is 11.6 Å². The van der Waals surface area contributed by atoms with Crippen molar-refractivity contribution in [3.63, 3.8) is 0 Å². The number of allylic oxidation sites excluding steroid dienone is 1. The van der Waals surface area contributed by atoms with Gasteiger partial charge in [-0.3, -0.25) is 0 Å². The van der Waals surface area contributed by atoms with Crippen LogP contribution in [0.1, 0.15) is 65.5 Å². The molecule has 174 valence electrons. The Bertz CT molecular complexity index is 1290. The highest BCUT2D eigenvalue weighted by Gasteiger charge is 2.34. The lowest BCUT2D eigenvalue weighted by atomic mass is 9.93. The smallest absolute Gasteiger partial charge is 0.382 e. The molecule has 3 aromatic rings. The quantitative estimate of drug-likeness (QED) is 0.317. The molecule has 3 aliphatic rings. The molecule has 0 amide bonds. The summed E-state index contributed by atoms with van der Waals surface area (Å²) in [6.45, 7) is 0. The van der Waals surface area contributed by atoms with Crippen LogP contribution < -0.4 is 5.32 Å². The van der Waals surface area contributed by atoms with Crippen molar-refractivity contribution in [2.24, 2.45) is 0 Å².